The Balaban J connectivity index is 0.00000162. The predicted octanol–water partition coefficient (Wildman–Crippen LogP) is 1.55. The molecule has 108 valence electrons. The number of halogens is 2. The van der Waals surface area contributed by atoms with Gasteiger partial charge in [0.05, 0.1) is 12.1 Å². The van der Waals surface area contributed by atoms with E-state index < -0.39 is 0 Å². The molecule has 2 heterocycles. The maximum absolute atomic E-state index is 11.9. The van der Waals surface area contributed by atoms with E-state index in [1.807, 2.05) is 19.1 Å². The second-order valence-electron chi connectivity index (χ2n) is 4.26. The lowest BCUT2D eigenvalue weighted by molar-refractivity contribution is -0.118. The van der Waals surface area contributed by atoms with Crippen molar-refractivity contribution < 1.29 is 9.53 Å². The summed E-state index contributed by atoms with van der Waals surface area (Å²) in [5, 5.41) is 5.93. The maximum atomic E-state index is 11.9. The number of pyridine rings is 1. The quantitative estimate of drug-likeness (QED) is 0.889. The summed E-state index contributed by atoms with van der Waals surface area (Å²) in [5.74, 6) is 0.542. The third kappa shape index (κ3) is 4.95. The highest BCUT2D eigenvalue weighted by Gasteiger charge is 2.29. The van der Waals surface area contributed by atoms with Gasteiger partial charge in [0.15, 0.2) is 0 Å². The number of hydrogen-bond acceptors (Lipinski definition) is 4. The van der Waals surface area contributed by atoms with E-state index in [0.717, 1.165) is 12.1 Å². The molecule has 1 fully saturated rings. The van der Waals surface area contributed by atoms with Gasteiger partial charge < -0.3 is 15.4 Å². The summed E-state index contributed by atoms with van der Waals surface area (Å²) in [4.78, 5) is 16.0. The Labute approximate surface area is 125 Å². The summed E-state index contributed by atoms with van der Waals surface area (Å²) >= 11 is 0. The minimum Gasteiger partial charge on any atom is -0.380 e. The molecule has 1 aromatic heterocycles. The first-order chi connectivity index (χ1) is 8.19. The fourth-order valence-corrected chi connectivity index (χ4v) is 1.90. The van der Waals surface area contributed by atoms with Gasteiger partial charge in [-0.1, -0.05) is 0 Å². The first-order valence-electron chi connectivity index (χ1n) is 5.68. The van der Waals surface area contributed by atoms with Crippen LogP contribution in [0.5, 0.6) is 0 Å². The van der Waals surface area contributed by atoms with Crippen molar-refractivity contribution in [2.24, 2.45) is 0 Å². The van der Waals surface area contributed by atoms with Crippen LogP contribution in [0, 0.1) is 6.92 Å². The fraction of sp³-hybridized carbons (Fsp3) is 0.500. The Kier molecular flexibility index (Phi) is 7.94. The molecular weight excluding hydrogens is 289 g/mol. The number of ether oxygens (including phenoxy) is 1. The molecule has 0 saturated carbocycles. The SMILES string of the molecule is CO[C@@H]1CN[C@H](C(=O)Nc2cc(C)ccn2)C1.Cl.Cl. The van der Waals surface area contributed by atoms with E-state index in [9.17, 15) is 4.79 Å². The van der Waals surface area contributed by atoms with Gasteiger partial charge in [-0.25, -0.2) is 4.98 Å². The minimum atomic E-state index is -0.192. The standard InChI is InChI=1S/C12H17N3O2.2ClH/c1-8-3-4-13-11(5-8)15-12(16)10-6-9(17-2)7-14-10;;/h3-5,9-10,14H,6-7H2,1-2H3,(H,13,15,16);2*1H/t9-,10-;;/m0../s1. The summed E-state index contributed by atoms with van der Waals surface area (Å²) in [5.41, 5.74) is 1.07. The van der Waals surface area contributed by atoms with Crippen LogP contribution in [0.4, 0.5) is 5.82 Å². The molecule has 2 rings (SSSR count). The van der Waals surface area contributed by atoms with Crippen LogP contribution in [0.3, 0.4) is 0 Å². The number of hydrogen-bond donors (Lipinski definition) is 2. The van der Waals surface area contributed by atoms with Crippen molar-refractivity contribution in [2.45, 2.75) is 25.5 Å². The lowest BCUT2D eigenvalue weighted by Crippen LogP contribution is -2.35. The summed E-state index contributed by atoms with van der Waals surface area (Å²) < 4.78 is 5.20. The van der Waals surface area contributed by atoms with Crippen LogP contribution >= 0.6 is 24.8 Å². The van der Waals surface area contributed by atoms with Crippen LogP contribution in [0.1, 0.15) is 12.0 Å². The zero-order valence-electron chi connectivity index (χ0n) is 10.9. The van der Waals surface area contributed by atoms with Crippen LogP contribution in [0.25, 0.3) is 0 Å². The predicted molar refractivity (Wildman–Crippen MR) is 79.3 cm³/mol. The number of anilines is 1. The van der Waals surface area contributed by atoms with Gasteiger partial charge in [-0.2, -0.15) is 0 Å². The fourth-order valence-electron chi connectivity index (χ4n) is 1.90. The van der Waals surface area contributed by atoms with Crippen molar-refractivity contribution in [1.29, 1.82) is 0 Å². The monoisotopic (exact) mass is 307 g/mol. The summed E-state index contributed by atoms with van der Waals surface area (Å²) in [6.07, 6.45) is 2.51. The topological polar surface area (TPSA) is 63.2 Å². The second-order valence-corrected chi connectivity index (χ2v) is 4.26. The van der Waals surface area contributed by atoms with Crippen molar-refractivity contribution in [3.8, 4) is 0 Å². The lowest BCUT2D eigenvalue weighted by Gasteiger charge is -2.10. The summed E-state index contributed by atoms with van der Waals surface area (Å²) in [7, 11) is 1.66. The zero-order valence-corrected chi connectivity index (χ0v) is 12.5. The van der Waals surface area contributed by atoms with E-state index >= 15 is 0 Å². The highest BCUT2D eigenvalue weighted by atomic mass is 35.5. The van der Waals surface area contributed by atoms with Gasteiger partial charge in [0.25, 0.3) is 0 Å². The van der Waals surface area contributed by atoms with Crippen molar-refractivity contribution in [1.82, 2.24) is 10.3 Å². The number of nitrogens with zero attached hydrogens (tertiary/aromatic N) is 1. The van der Waals surface area contributed by atoms with Gasteiger partial charge in [0, 0.05) is 19.9 Å². The molecule has 2 N–H and O–H groups in total. The molecule has 0 radical (unpaired) electrons. The molecule has 19 heavy (non-hydrogen) atoms. The number of carbonyl (C=O) groups excluding carboxylic acids is 1. The Hall–Kier alpha value is -0.880. The third-order valence-electron chi connectivity index (χ3n) is 2.91. The number of aryl methyl sites for hydroxylation is 1. The molecule has 0 bridgehead atoms. The molecule has 0 unspecified atom stereocenters. The van der Waals surface area contributed by atoms with E-state index in [1.54, 1.807) is 13.3 Å². The third-order valence-corrected chi connectivity index (χ3v) is 2.91. The molecule has 5 nitrogen and oxygen atoms in total. The summed E-state index contributed by atoms with van der Waals surface area (Å²) in [6, 6.07) is 3.55. The highest BCUT2D eigenvalue weighted by molar-refractivity contribution is 5.94. The van der Waals surface area contributed by atoms with E-state index in [-0.39, 0.29) is 42.9 Å². The van der Waals surface area contributed by atoms with Crippen LogP contribution in [-0.2, 0) is 9.53 Å². The number of methoxy groups -OCH3 is 1. The first kappa shape index (κ1) is 18.1. The van der Waals surface area contributed by atoms with E-state index in [4.69, 9.17) is 4.74 Å². The number of rotatable bonds is 3. The lowest BCUT2D eigenvalue weighted by atomic mass is 10.2. The van der Waals surface area contributed by atoms with Crippen molar-refractivity contribution in [3.05, 3.63) is 23.9 Å². The average molecular weight is 308 g/mol. The molecule has 1 aliphatic rings. The van der Waals surface area contributed by atoms with Gasteiger partial charge in [0.1, 0.15) is 5.82 Å². The van der Waals surface area contributed by atoms with E-state index in [0.29, 0.717) is 12.2 Å². The number of aromatic nitrogens is 1. The molecule has 2 atom stereocenters. The summed E-state index contributed by atoms with van der Waals surface area (Å²) in [6.45, 7) is 2.68. The molecule has 0 aromatic carbocycles. The first-order valence-corrected chi connectivity index (χ1v) is 5.68. The van der Waals surface area contributed by atoms with Crippen molar-refractivity contribution in [3.63, 3.8) is 0 Å². The normalized spacial score (nSPS) is 21.2. The van der Waals surface area contributed by atoms with Crippen molar-refractivity contribution >= 4 is 36.5 Å². The minimum absolute atomic E-state index is 0. The number of carbonyl (C=O) groups is 1. The molecule has 7 heteroatoms. The molecule has 1 aromatic rings. The second kappa shape index (κ2) is 8.32. The highest BCUT2D eigenvalue weighted by Crippen LogP contribution is 2.12. The van der Waals surface area contributed by atoms with Gasteiger partial charge in [-0.15, -0.1) is 24.8 Å². The Morgan fingerprint density at radius 1 is 1.53 bits per heavy atom. The van der Waals surface area contributed by atoms with Gasteiger partial charge in [-0.05, 0) is 31.0 Å². The number of nitrogens with one attached hydrogen (secondary N) is 2. The van der Waals surface area contributed by atoms with Crippen LogP contribution in [0.2, 0.25) is 0 Å². The van der Waals surface area contributed by atoms with E-state index in [1.165, 1.54) is 0 Å². The average Bonchev–Trinajstić information content (AvgIpc) is 2.77. The molecule has 0 aliphatic carbocycles. The largest absolute Gasteiger partial charge is 0.380 e. The molecular formula is C12H19Cl2N3O2. The number of amides is 1. The van der Waals surface area contributed by atoms with Crippen molar-refractivity contribution in [2.75, 3.05) is 19.0 Å². The zero-order chi connectivity index (χ0) is 12.3. The molecule has 0 spiro atoms. The van der Waals surface area contributed by atoms with Crippen LogP contribution < -0.4 is 10.6 Å². The van der Waals surface area contributed by atoms with Crippen LogP contribution in [-0.4, -0.2) is 36.7 Å². The van der Waals surface area contributed by atoms with Gasteiger partial charge in [0.2, 0.25) is 5.91 Å². The smallest absolute Gasteiger partial charge is 0.242 e. The molecule has 1 saturated heterocycles. The molecule has 1 aliphatic heterocycles. The Morgan fingerprint density at radius 2 is 2.26 bits per heavy atom. The molecule has 1 amide bonds. The van der Waals surface area contributed by atoms with E-state index in [2.05, 4.69) is 15.6 Å². The Morgan fingerprint density at radius 3 is 2.84 bits per heavy atom. The van der Waals surface area contributed by atoms with Gasteiger partial charge >= 0.3 is 0 Å². The maximum Gasteiger partial charge on any atom is 0.242 e. The Bertz CT molecular complexity index is 418. The van der Waals surface area contributed by atoms with Crippen LogP contribution in [0.15, 0.2) is 18.3 Å². The van der Waals surface area contributed by atoms with Gasteiger partial charge in [-0.3, -0.25) is 4.79 Å².